The minimum Gasteiger partial charge on any atom is -0.477 e. The van der Waals surface area contributed by atoms with Gasteiger partial charge in [0, 0.05) is 18.4 Å². The van der Waals surface area contributed by atoms with Crippen molar-refractivity contribution in [2.24, 2.45) is 5.92 Å². The van der Waals surface area contributed by atoms with E-state index in [0.717, 1.165) is 6.61 Å². The first-order valence-corrected chi connectivity index (χ1v) is 5.30. The minimum absolute atomic E-state index is 0.0556. The molecule has 1 aromatic rings. The van der Waals surface area contributed by atoms with Gasteiger partial charge < -0.3 is 9.84 Å². The van der Waals surface area contributed by atoms with Gasteiger partial charge >= 0.3 is 5.97 Å². The maximum atomic E-state index is 10.8. The number of carbonyl (C=O) groups is 1. The predicted octanol–water partition coefficient (Wildman–Crippen LogP) is 1.41. The lowest BCUT2D eigenvalue weighted by atomic mass is 10.2. The maximum absolute atomic E-state index is 10.8. The summed E-state index contributed by atoms with van der Waals surface area (Å²) in [5.41, 5.74) is 0.624. The molecule has 1 aliphatic carbocycles. The van der Waals surface area contributed by atoms with Gasteiger partial charge in [0.05, 0.1) is 0 Å². The number of aromatic carboxylic acids is 1. The van der Waals surface area contributed by atoms with Crippen LogP contribution in [0.2, 0.25) is 0 Å². The molecule has 0 amide bonds. The maximum Gasteiger partial charge on any atom is 0.354 e. The van der Waals surface area contributed by atoms with Gasteiger partial charge in [0.15, 0.2) is 11.5 Å². The molecule has 2 rings (SSSR count). The van der Waals surface area contributed by atoms with Gasteiger partial charge in [-0.05, 0) is 25.7 Å². The number of rotatable bonds is 5. The Balaban J connectivity index is 1.97. The lowest BCUT2D eigenvalue weighted by Gasteiger charge is -2.04. The monoisotopic (exact) mass is 222 g/mol. The van der Waals surface area contributed by atoms with E-state index in [-0.39, 0.29) is 12.3 Å². The zero-order valence-corrected chi connectivity index (χ0v) is 9.14. The van der Waals surface area contributed by atoms with Gasteiger partial charge in [-0.25, -0.2) is 14.8 Å². The Morgan fingerprint density at radius 3 is 3.00 bits per heavy atom. The third-order valence-electron chi connectivity index (χ3n) is 2.51. The fraction of sp³-hybridized carbons (Fsp3) is 0.545. The van der Waals surface area contributed by atoms with Gasteiger partial charge in [-0.2, -0.15) is 0 Å². The van der Waals surface area contributed by atoms with E-state index in [2.05, 4.69) is 9.97 Å². The summed E-state index contributed by atoms with van der Waals surface area (Å²) in [4.78, 5) is 18.8. The highest BCUT2D eigenvalue weighted by Crippen LogP contribution is 2.28. The fourth-order valence-corrected chi connectivity index (χ4v) is 1.37. The molecule has 1 fully saturated rings. The van der Waals surface area contributed by atoms with Crippen molar-refractivity contribution in [3.8, 4) is 0 Å². The van der Waals surface area contributed by atoms with E-state index in [1.807, 2.05) is 0 Å². The minimum atomic E-state index is -1.02. The number of aryl methyl sites for hydroxylation is 1. The summed E-state index contributed by atoms with van der Waals surface area (Å²) in [7, 11) is 0. The van der Waals surface area contributed by atoms with E-state index in [4.69, 9.17) is 9.84 Å². The number of nitrogens with zero attached hydrogens (tertiary/aromatic N) is 2. The normalized spacial score (nSPS) is 15.1. The van der Waals surface area contributed by atoms with Crippen molar-refractivity contribution in [1.29, 1.82) is 0 Å². The summed E-state index contributed by atoms with van der Waals surface area (Å²) in [5, 5.41) is 8.88. The molecule has 5 nitrogen and oxygen atoms in total. The van der Waals surface area contributed by atoms with Crippen LogP contribution < -0.4 is 0 Å². The van der Waals surface area contributed by atoms with E-state index in [1.165, 1.54) is 19.0 Å². The molecule has 0 aliphatic heterocycles. The molecule has 0 aromatic carbocycles. The van der Waals surface area contributed by atoms with Gasteiger partial charge in [-0.1, -0.05) is 0 Å². The van der Waals surface area contributed by atoms with Crippen molar-refractivity contribution < 1.29 is 14.6 Å². The van der Waals surface area contributed by atoms with Gasteiger partial charge in [0.2, 0.25) is 0 Å². The van der Waals surface area contributed by atoms with E-state index in [0.29, 0.717) is 17.3 Å². The molecule has 0 bridgehead atoms. The van der Waals surface area contributed by atoms with Crippen LogP contribution in [0.15, 0.2) is 6.20 Å². The number of hydrogen-bond acceptors (Lipinski definition) is 4. The number of carboxylic acid groups (broad SMARTS) is 1. The summed E-state index contributed by atoms with van der Waals surface area (Å²) in [5.74, 6) is 0.0939. The van der Waals surface area contributed by atoms with Crippen LogP contribution in [0.5, 0.6) is 0 Å². The first kappa shape index (κ1) is 11.0. The Bertz CT molecular complexity index is 402. The summed E-state index contributed by atoms with van der Waals surface area (Å²) in [6.45, 7) is 2.69. The highest BCUT2D eigenvalue weighted by molar-refractivity contribution is 5.86. The fourth-order valence-electron chi connectivity index (χ4n) is 1.37. The first-order valence-electron chi connectivity index (χ1n) is 5.30. The molecular formula is C11H14N2O3. The number of ether oxygens (including phenoxy) is 1. The van der Waals surface area contributed by atoms with Crippen molar-refractivity contribution in [1.82, 2.24) is 9.97 Å². The Labute approximate surface area is 93.5 Å². The molecule has 16 heavy (non-hydrogen) atoms. The molecule has 1 heterocycles. The molecule has 0 radical (unpaired) electrons. The lowest BCUT2D eigenvalue weighted by molar-refractivity contribution is 0.0686. The van der Waals surface area contributed by atoms with Crippen LogP contribution in [0.25, 0.3) is 0 Å². The molecule has 0 unspecified atom stereocenters. The summed E-state index contributed by atoms with van der Waals surface area (Å²) in [6, 6.07) is 0. The molecule has 1 saturated carbocycles. The van der Waals surface area contributed by atoms with Crippen LogP contribution in [0, 0.1) is 12.8 Å². The zero-order chi connectivity index (χ0) is 11.5. The van der Waals surface area contributed by atoms with Gasteiger partial charge in [-0.3, -0.25) is 0 Å². The second-order valence-corrected chi connectivity index (χ2v) is 4.08. The third kappa shape index (κ3) is 2.76. The molecule has 1 aliphatic rings. The van der Waals surface area contributed by atoms with Crippen molar-refractivity contribution >= 4 is 5.97 Å². The van der Waals surface area contributed by atoms with Gasteiger partial charge in [0.1, 0.15) is 6.61 Å². The molecule has 1 aromatic heterocycles. The molecule has 0 saturated heterocycles. The average molecular weight is 222 g/mol. The quantitative estimate of drug-likeness (QED) is 0.815. The number of aromatic nitrogens is 2. The second kappa shape index (κ2) is 4.57. The van der Waals surface area contributed by atoms with Crippen molar-refractivity contribution in [3.05, 3.63) is 23.3 Å². The smallest absolute Gasteiger partial charge is 0.354 e. The van der Waals surface area contributed by atoms with E-state index in [1.54, 1.807) is 6.92 Å². The Morgan fingerprint density at radius 1 is 1.62 bits per heavy atom. The molecular weight excluding hydrogens is 208 g/mol. The van der Waals surface area contributed by atoms with Crippen LogP contribution in [0.1, 0.15) is 34.7 Å². The summed E-state index contributed by atoms with van der Waals surface area (Å²) in [6.07, 6.45) is 3.98. The van der Waals surface area contributed by atoms with Gasteiger partial charge in [-0.15, -0.1) is 0 Å². The van der Waals surface area contributed by atoms with E-state index >= 15 is 0 Å². The van der Waals surface area contributed by atoms with Crippen molar-refractivity contribution in [3.63, 3.8) is 0 Å². The summed E-state index contributed by atoms with van der Waals surface area (Å²) >= 11 is 0. The Morgan fingerprint density at radius 2 is 2.38 bits per heavy atom. The molecule has 1 N–H and O–H groups in total. The highest BCUT2D eigenvalue weighted by atomic mass is 16.5. The number of hydrogen-bond donors (Lipinski definition) is 1. The van der Waals surface area contributed by atoms with Crippen LogP contribution in [-0.2, 0) is 11.3 Å². The average Bonchev–Trinajstić information content (AvgIpc) is 3.04. The third-order valence-corrected chi connectivity index (χ3v) is 2.51. The molecule has 5 heteroatoms. The van der Waals surface area contributed by atoms with Crippen molar-refractivity contribution in [2.75, 3.05) is 6.61 Å². The van der Waals surface area contributed by atoms with Crippen LogP contribution in [-0.4, -0.2) is 27.7 Å². The molecule has 0 atom stereocenters. The molecule has 0 spiro atoms. The summed E-state index contributed by atoms with van der Waals surface area (Å²) < 4.78 is 5.40. The lowest BCUT2D eigenvalue weighted by Crippen LogP contribution is -2.09. The Hall–Kier alpha value is -1.49. The van der Waals surface area contributed by atoms with Gasteiger partial charge in [0.25, 0.3) is 0 Å². The first-order chi connectivity index (χ1) is 7.66. The molecule has 86 valence electrons. The SMILES string of the molecule is Cc1cnc(COCC2CC2)nc1C(=O)O. The van der Waals surface area contributed by atoms with E-state index < -0.39 is 5.97 Å². The van der Waals surface area contributed by atoms with Crippen LogP contribution in [0.3, 0.4) is 0 Å². The number of carboxylic acids is 1. The standard InChI is InChI=1S/C11H14N2O3/c1-7-4-12-9(13-10(7)11(14)15)6-16-5-8-2-3-8/h4,8H,2-3,5-6H2,1H3,(H,14,15). The second-order valence-electron chi connectivity index (χ2n) is 4.08. The topological polar surface area (TPSA) is 72.3 Å². The van der Waals surface area contributed by atoms with Crippen LogP contribution >= 0.6 is 0 Å². The van der Waals surface area contributed by atoms with Crippen molar-refractivity contribution in [2.45, 2.75) is 26.4 Å². The van der Waals surface area contributed by atoms with Crippen LogP contribution in [0.4, 0.5) is 0 Å². The predicted molar refractivity (Wildman–Crippen MR) is 56.1 cm³/mol. The highest BCUT2D eigenvalue weighted by Gasteiger charge is 2.21. The largest absolute Gasteiger partial charge is 0.477 e. The Kier molecular flexibility index (Phi) is 3.14. The van der Waals surface area contributed by atoms with E-state index in [9.17, 15) is 4.79 Å². The zero-order valence-electron chi connectivity index (χ0n) is 9.14.